The molecule has 0 spiro atoms. The fourth-order valence-electron chi connectivity index (χ4n) is 4.07. The number of esters is 1. The lowest BCUT2D eigenvalue weighted by Gasteiger charge is -2.12. The molecule has 0 atom stereocenters. The third-order valence-corrected chi connectivity index (χ3v) is 5.75. The van der Waals surface area contributed by atoms with Crippen LogP contribution in [0.4, 0.5) is 13.2 Å². The van der Waals surface area contributed by atoms with Crippen LogP contribution in [0.15, 0.2) is 72.8 Å². The largest absolute Gasteiger partial charge is 0.494 e. The van der Waals surface area contributed by atoms with E-state index in [0.717, 1.165) is 42.6 Å². The van der Waals surface area contributed by atoms with Gasteiger partial charge in [0.1, 0.15) is 11.6 Å². The number of hydrogen-bond acceptors (Lipinski definition) is 4. The normalized spacial score (nSPS) is 11.7. The summed E-state index contributed by atoms with van der Waals surface area (Å²) in [6, 6.07) is 20.1. The van der Waals surface area contributed by atoms with Crippen LogP contribution in [-0.2, 0) is 15.7 Å². The topological polar surface area (TPSA) is 53.4 Å². The van der Waals surface area contributed by atoms with E-state index < -0.39 is 11.7 Å². The van der Waals surface area contributed by atoms with Crippen molar-refractivity contribution in [1.82, 2.24) is 9.55 Å². The fourth-order valence-corrected chi connectivity index (χ4v) is 4.07. The number of aromatic nitrogens is 2. The maximum Gasteiger partial charge on any atom is 0.416 e. The molecule has 5 nitrogen and oxygen atoms in total. The second kappa shape index (κ2) is 11.5. The number of halogens is 3. The molecular formula is C29H29F3N2O3. The van der Waals surface area contributed by atoms with E-state index in [1.54, 1.807) is 12.1 Å². The molecule has 0 bridgehead atoms. The highest BCUT2D eigenvalue weighted by Gasteiger charge is 2.31. The highest BCUT2D eigenvalue weighted by atomic mass is 19.4. The predicted molar refractivity (Wildman–Crippen MR) is 137 cm³/mol. The van der Waals surface area contributed by atoms with Crippen molar-refractivity contribution in [3.05, 3.63) is 78.4 Å². The van der Waals surface area contributed by atoms with Crippen LogP contribution >= 0.6 is 0 Å². The van der Waals surface area contributed by atoms with E-state index >= 15 is 0 Å². The predicted octanol–water partition coefficient (Wildman–Crippen LogP) is 7.60. The molecule has 4 aromatic rings. The van der Waals surface area contributed by atoms with Gasteiger partial charge in [-0.05, 0) is 69.5 Å². The number of alkyl halides is 3. The maximum atomic E-state index is 13.4. The van der Waals surface area contributed by atoms with Gasteiger partial charge in [0.25, 0.3) is 0 Å². The van der Waals surface area contributed by atoms with E-state index in [4.69, 9.17) is 9.47 Å². The van der Waals surface area contributed by atoms with Gasteiger partial charge in [0.2, 0.25) is 0 Å². The van der Waals surface area contributed by atoms with Gasteiger partial charge < -0.3 is 9.47 Å². The van der Waals surface area contributed by atoms with Gasteiger partial charge >= 0.3 is 12.1 Å². The van der Waals surface area contributed by atoms with Crippen molar-refractivity contribution >= 4 is 17.0 Å². The first-order valence-electron chi connectivity index (χ1n) is 12.3. The first-order valence-corrected chi connectivity index (χ1v) is 12.3. The SMILES string of the molecule is CC(C)OC(=O)CCCCCOc1ccc2nc(-c3cccc(C(F)(F)F)c3)n(-c3ccccc3)c2c1. The standard InChI is InChI=1S/C29H29F3N2O3/c1-20(2)37-27(35)14-7-4-8-17-36-24-15-16-25-26(19-24)34(23-12-5-3-6-13-23)28(33-25)21-10-9-11-22(18-21)29(30,31)32/h3,5-6,9-13,15-16,18-20H,4,7-8,14,17H2,1-2H3. The second-order valence-electron chi connectivity index (χ2n) is 9.03. The van der Waals surface area contributed by atoms with Gasteiger partial charge in [0.05, 0.1) is 29.3 Å². The Hall–Kier alpha value is -3.81. The molecule has 0 aliphatic rings. The third-order valence-electron chi connectivity index (χ3n) is 5.75. The number of nitrogens with zero attached hydrogens (tertiary/aromatic N) is 2. The van der Waals surface area contributed by atoms with E-state index in [1.807, 2.05) is 60.9 Å². The van der Waals surface area contributed by atoms with Gasteiger partial charge in [-0.1, -0.05) is 30.3 Å². The van der Waals surface area contributed by atoms with Gasteiger partial charge in [-0.2, -0.15) is 13.2 Å². The first kappa shape index (κ1) is 26.3. The molecule has 0 aliphatic carbocycles. The van der Waals surface area contributed by atoms with Crippen LogP contribution in [0.3, 0.4) is 0 Å². The summed E-state index contributed by atoms with van der Waals surface area (Å²) in [6.45, 7) is 4.13. The van der Waals surface area contributed by atoms with Crippen molar-refractivity contribution in [2.24, 2.45) is 0 Å². The van der Waals surface area contributed by atoms with E-state index in [2.05, 4.69) is 4.98 Å². The lowest BCUT2D eigenvalue weighted by atomic mass is 10.1. The van der Waals surface area contributed by atoms with Gasteiger partial charge in [0.15, 0.2) is 0 Å². The molecule has 8 heteroatoms. The molecular weight excluding hydrogens is 481 g/mol. The Kier molecular flexibility index (Phi) is 8.16. The van der Waals surface area contributed by atoms with Crippen LogP contribution in [0, 0.1) is 0 Å². The van der Waals surface area contributed by atoms with Crippen molar-refractivity contribution < 1.29 is 27.4 Å². The number of imidazole rings is 1. The number of carbonyl (C=O) groups excluding carboxylic acids is 1. The Morgan fingerprint density at radius 1 is 0.946 bits per heavy atom. The molecule has 194 valence electrons. The van der Waals surface area contributed by atoms with E-state index in [1.165, 1.54) is 6.07 Å². The molecule has 4 rings (SSSR count). The number of carbonyl (C=O) groups is 1. The zero-order chi connectivity index (χ0) is 26.4. The second-order valence-corrected chi connectivity index (χ2v) is 9.03. The van der Waals surface area contributed by atoms with Crippen LogP contribution in [-0.4, -0.2) is 28.2 Å². The van der Waals surface area contributed by atoms with E-state index in [9.17, 15) is 18.0 Å². The Morgan fingerprint density at radius 2 is 1.73 bits per heavy atom. The lowest BCUT2D eigenvalue weighted by Crippen LogP contribution is -2.11. The summed E-state index contributed by atoms with van der Waals surface area (Å²) >= 11 is 0. The van der Waals surface area contributed by atoms with E-state index in [0.29, 0.717) is 35.7 Å². The number of rotatable bonds is 10. The number of benzene rings is 3. The zero-order valence-electron chi connectivity index (χ0n) is 20.8. The molecule has 0 fully saturated rings. The Morgan fingerprint density at radius 3 is 2.46 bits per heavy atom. The minimum atomic E-state index is -4.45. The summed E-state index contributed by atoms with van der Waals surface area (Å²) in [5, 5.41) is 0. The maximum absolute atomic E-state index is 13.4. The number of ether oxygens (including phenoxy) is 2. The molecule has 0 aliphatic heterocycles. The highest BCUT2D eigenvalue weighted by molar-refractivity contribution is 5.84. The van der Waals surface area contributed by atoms with Gasteiger partial charge in [-0.25, -0.2) is 4.98 Å². The Labute approximate surface area is 213 Å². The molecule has 0 unspecified atom stereocenters. The first-order chi connectivity index (χ1) is 17.7. The number of hydrogen-bond donors (Lipinski definition) is 0. The van der Waals surface area contributed by atoms with Crippen LogP contribution in [0.5, 0.6) is 5.75 Å². The summed E-state index contributed by atoms with van der Waals surface area (Å²) < 4.78 is 53.1. The summed E-state index contributed by atoms with van der Waals surface area (Å²) in [4.78, 5) is 16.3. The molecule has 37 heavy (non-hydrogen) atoms. The van der Waals surface area contributed by atoms with Crippen molar-refractivity contribution in [3.8, 4) is 22.8 Å². The number of fused-ring (bicyclic) bond motifs is 1. The quantitative estimate of drug-likeness (QED) is 0.163. The molecule has 0 radical (unpaired) electrons. The molecule has 0 saturated heterocycles. The molecule has 0 amide bonds. The fraction of sp³-hybridized carbons (Fsp3) is 0.310. The summed E-state index contributed by atoms with van der Waals surface area (Å²) in [6.07, 6.45) is -1.83. The lowest BCUT2D eigenvalue weighted by molar-refractivity contribution is -0.147. The summed E-state index contributed by atoms with van der Waals surface area (Å²) in [7, 11) is 0. The molecule has 3 aromatic carbocycles. The van der Waals surface area contributed by atoms with Crippen molar-refractivity contribution in [1.29, 1.82) is 0 Å². The van der Waals surface area contributed by atoms with Gasteiger partial charge in [-0.15, -0.1) is 0 Å². The monoisotopic (exact) mass is 510 g/mol. The third kappa shape index (κ3) is 6.70. The van der Waals surface area contributed by atoms with Gasteiger partial charge in [-0.3, -0.25) is 9.36 Å². The zero-order valence-corrected chi connectivity index (χ0v) is 20.8. The molecule has 1 heterocycles. The highest BCUT2D eigenvalue weighted by Crippen LogP contribution is 2.35. The van der Waals surface area contributed by atoms with Crippen LogP contribution in [0.2, 0.25) is 0 Å². The minimum Gasteiger partial charge on any atom is -0.494 e. The Bertz CT molecular complexity index is 1350. The molecule has 1 aromatic heterocycles. The Balaban J connectivity index is 1.55. The van der Waals surface area contributed by atoms with Gasteiger partial charge in [0, 0.05) is 23.7 Å². The van der Waals surface area contributed by atoms with Crippen LogP contribution in [0.1, 0.15) is 45.1 Å². The van der Waals surface area contributed by atoms with Crippen LogP contribution < -0.4 is 4.74 Å². The smallest absolute Gasteiger partial charge is 0.416 e. The van der Waals surface area contributed by atoms with Crippen molar-refractivity contribution in [2.45, 2.75) is 51.8 Å². The molecule has 0 N–H and O–H groups in total. The number of para-hydroxylation sites is 1. The summed E-state index contributed by atoms with van der Waals surface area (Å²) in [5.41, 5.74) is 1.80. The van der Waals surface area contributed by atoms with Crippen molar-refractivity contribution in [3.63, 3.8) is 0 Å². The average molecular weight is 511 g/mol. The summed E-state index contributed by atoms with van der Waals surface area (Å²) in [5.74, 6) is 0.865. The molecule has 0 saturated carbocycles. The van der Waals surface area contributed by atoms with Crippen molar-refractivity contribution in [2.75, 3.05) is 6.61 Å². The minimum absolute atomic E-state index is 0.107. The van der Waals surface area contributed by atoms with E-state index in [-0.39, 0.29) is 12.1 Å². The average Bonchev–Trinajstić information content (AvgIpc) is 3.24. The van der Waals surface area contributed by atoms with Crippen LogP contribution in [0.25, 0.3) is 28.1 Å². The number of unbranched alkanes of at least 4 members (excludes halogenated alkanes) is 2.